The van der Waals surface area contributed by atoms with Gasteiger partial charge in [-0.1, -0.05) is 84.5 Å². The number of rotatable bonds is 19. The zero-order valence-corrected chi connectivity index (χ0v) is 18.8. The molecular formula is C23H46N2O3. The van der Waals surface area contributed by atoms with Crippen molar-refractivity contribution in [2.24, 2.45) is 5.41 Å². The van der Waals surface area contributed by atoms with Crippen molar-refractivity contribution in [3.63, 3.8) is 0 Å². The van der Waals surface area contributed by atoms with Gasteiger partial charge in [0.2, 0.25) is 11.8 Å². The Morgan fingerprint density at radius 1 is 0.750 bits per heavy atom. The maximum Gasteiger partial charge on any atom is 0.230 e. The van der Waals surface area contributed by atoms with Crippen LogP contribution in [0.1, 0.15) is 111 Å². The number of carbonyl (C=O) groups is 2. The molecule has 0 heterocycles. The van der Waals surface area contributed by atoms with Crippen molar-refractivity contribution < 1.29 is 14.7 Å². The molecule has 0 aliphatic carbocycles. The Morgan fingerprint density at radius 2 is 1.25 bits per heavy atom. The van der Waals surface area contributed by atoms with Crippen LogP contribution in [0.15, 0.2) is 0 Å². The minimum atomic E-state index is -0.960. The second-order valence-corrected chi connectivity index (χ2v) is 8.39. The highest BCUT2D eigenvalue weighted by atomic mass is 16.3. The van der Waals surface area contributed by atoms with Crippen LogP contribution in [-0.4, -0.2) is 36.6 Å². The minimum Gasteiger partial charge on any atom is -0.395 e. The molecule has 0 bridgehead atoms. The zero-order chi connectivity index (χ0) is 21.1. The lowest BCUT2D eigenvalue weighted by atomic mass is 9.90. The molecule has 2 amide bonds. The predicted octanol–water partition coefficient (Wildman–Crippen LogP) is 4.72. The van der Waals surface area contributed by atoms with Gasteiger partial charge in [0.05, 0.1) is 12.0 Å². The van der Waals surface area contributed by atoms with Gasteiger partial charge in [-0.3, -0.25) is 9.59 Å². The molecule has 0 aliphatic heterocycles. The molecule has 0 spiro atoms. The lowest BCUT2D eigenvalue weighted by Crippen LogP contribution is -2.49. The van der Waals surface area contributed by atoms with Gasteiger partial charge >= 0.3 is 0 Å². The van der Waals surface area contributed by atoms with Gasteiger partial charge in [0, 0.05) is 19.5 Å². The standard InChI is InChI=1S/C23H46N2O3/c1-4-6-8-10-12-13-15-17-21(27)25-19-23(3,20-26)22(28)24-18-16-14-11-9-7-5-2/h26H,4-20H2,1-3H3,(H,24,28)(H,25,27). The first-order valence-corrected chi connectivity index (χ1v) is 11.7. The number of hydrogen-bond donors (Lipinski definition) is 3. The third-order valence-corrected chi connectivity index (χ3v) is 5.40. The van der Waals surface area contributed by atoms with Gasteiger partial charge in [-0.05, 0) is 19.8 Å². The molecule has 0 aromatic carbocycles. The van der Waals surface area contributed by atoms with Crippen molar-refractivity contribution in [2.75, 3.05) is 19.7 Å². The molecule has 5 nitrogen and oxygen atoms in total. The molecule has 5 heteroatoms. The normalized spacial score (nSPS) is 13.1. The molecule has 1 atom stereocenters. The van der Waals surface area contributed by atoms with E-state index in [4.69, 9.17) is 0 Å². The predicted molar refractivity (Wildman–Crippen MR) is 117 cm³/mol. The first-order valence-electron chi connectivity index (χ1n) is 11.7. The van der Waals surface area contributed by atoms with Crippen LogP contribution in [0.5, 0.6) is 0 Å². The number of aliphatic hydroxyl groups excluding tert-OH is 1. The second-order valence-electron chi connectivity index (χ2n) is 8.39. The number of aliphatic hydroxyl groups is 1. The summed E-state index contributed by atoms with van der Waals surface area (Å²) in [6, 6.07) is 0. The van der Waals surface area contributed by atoms with Gasteiger partial charge < -0.3 is 15.7 Å². The first kappa shape index (κ1) is 26.9. The van der Waals surface area contributed by atoms with E-state index < -0.39 is 5.41 Å². The van der Waals surface area contributed by atoms with Crippen molar-refractivity contribution in [2.45, 2.75) is 111 Å². The maximum absolute atomic E-state index is 12.4. The van der Waals surface area contributed by atoms with Crippen molar-refractivity contribution in [3.8, 4) is 0 Å². The Balaban J connectivity index is 3.91. The third-order valence-electron chi connectivity index (χ3n) is 5.40. The average Bonchev–Trinajstić information content (AvgIpc) is 2.70. The largest absolute Gasteiger partial charge is 0.395 e. The molecular weight excluding hydrogens is 352 g/mol. The monoisotopic (exact) mass is 398 g/mol. The van der Waals surface area contributed by atoms with Crippen molar-refractivity contribution in [1.82, 2.24) is 10.6 Å². The van der Waals surface area contributed by atoms with Gasteiger partial charge in [0.15, 0.2) is 0 Å². The number of unbranched alkanes of at least 4 members (excludes halogenated alkanes) is 11. The Bertz CT molecular complexity index is 401. The zero-order valence-electron chi connectivity index (χ0n) is 18.8. The molecule has 0 rings (SSSR count). The van der Waals surface area contributed by atoms with Gasteiger partial charge in [-0.2, -0.15) is 0 Å². The molecule has 3 N–H and O–H groups in total. The molecule has 0 fully saturated rings. The smallest absolute Gasteiger partial charge is 0.230 e. The summed E-state index contributed by atoms with van der Waals surface area (Å²) in [6.45, 7) is 6.65. The van der Waals surface area contributed by atoms with Crippen LogP contribution < -0.4 is 10.6 Å². The fourth-order valence-corrected chi connectivity index (χ4v) is 3.15. The van der Waals surface area contributed by atoms with Crippen LogP contribution >= 0.6 is 0 Å². The summed E-state index contributed by atoms with van der Waals surface area (Å²) in [7, 11) is 0. The van der Waals surface area contributed by atoms with Crippen LogP contribution in [0.4, 0.5) is 0 Å². The molecule has 0 saturated carbocycles. The van der Waals surface area contributed by atoms with E-state index in [2.05, 4.69) is 24.5 Å². The van der Waals surface area contributed by atoms with Crippen LogP contribution in [-0.2, 0) is 9.59 Å². The Labute approximate surface area is 173 Å². The molecule has 0 aromatic rings. The third kappa shape index (κ3) is 14.0. The van der Waals surface area contributed by atoms with E-state index in [0.29, 0.717) is 13.0 Å². The number of hydrogen-bond acceptors (Lipinski definition) is 3. The molecule has 0 aromatic heterocycles. The molecule has 1 unspecified atom stereocenters. The van der Waals surface area contributed by atoms with Crippen LogP contribution in [0.2, 0.25) is 0 Å². The summed E-state index contributed by atoms with van der Waals surface area (Å²) in [6.07, 6.45) is 15.8. The summed E-state index contributed by atoms with van der Waals surface area (Å²) in [4.78, 5) is 24.4. The summed E-state index contributed by atoms with van der Waals surface area (Å²) in [5, 5.41) is 15.4. The lowest BCUT2D eigenvalue weighted by molar-refractivity contribution is -0.132. The average molecular weight is 399 g/mol. The van der Waals surface area contributed by atoms with E-state index in [1.165, 1.54) is 57.8 Å². The summed E-state index contributed by atoms with van der Waals surface area (Å²) < 4.78 is 0. The summed E-state index contributed by atoms with van der Waals surface area (Å²) >= 11 is 0. The molecule has 166 valence electrons. The topological polar surface area (TPSA) is 78.4 Å². The lowest BCUT2D eigenvalue weighted by Gasteiger charge is -2.26. The summed E-state index contributed by atoms with van der Waals surface area (Å²) in [5.41, 5.74) is -0.960. The fraction of sp³-hybridized carbons (Fsp3) is 0.913. The van der Waals surface area contributed by atoms with Crippen LogP contribution in [0.3, 0.4) is 0 Å². The van der Waals surface area contributed by atoms with Gasteiger partial charge in [0.1, 0.15) is 0 Å². The molecule has 0 radical (unpaired) electrons. The van der Waals surface area contributed by atoms with Gasteiger partial charge in [0.25, 0.3) is 0 Å². The Hall–Kier alpha value is -1.10. The van der Waals surface area contributed by atoms with Crippen LogP contribution in [0.25, 0.3) is 0 Å². The maximum atomic E-state index is 12.4. The van der Waals surface area contributed by atoms with Gasteiger partial charge in [-0.25, -0.2) is 0 Å². The van der Waals surface area contributed by atoms with E-state index in [1.54, 1.807) is 6.92 Å². The Morgan fingerprint density at radius 3 is 1.79 bits per heavy atom. The fourth-order valence-electron chi connectivity index (χ4n) is 3.15. The SMILES string of the molecule is CCCCCCCCCC(=O)NCC(C)(CO)C(=O)NCCCCCCCC. The molecule has 0 aliphatic rings. The summed E-state index contributed by atoms with van der Waals surface area (Å²) in [5.74, 6) is -0.211. The van der Waals surface area contributed by atoms with E-state index in [-0.39, 0.29) is 25.0 Å². The highest BCUT2D eigenvalue weighted by Crippen LogP contribution is 2.15. The molecule has 0 saturated heterocycles. The highest BCUT2D eigenvalue weighted by molar-refractivity contribution is 5.84. The van der Waals surface area contributed by atoms with Crippen molar-refractivity contribution >= 4 is 11.8 Å². The van der Waals surface area contributed by atoms with E-state index in [1.807, 2.05) is 0 Å². The Kier molecular flexibility index (Phi) is 17.3. The van der Waals surface area contributed by atoms with Gasteiger partial charge in [-0.15, -0.1) is 0 Å². The minimum absolute atomic E-state index is 0.0306. The van der Waals surface area contributed by atoms with E-state index in [0.717, 1.165) is 25.7 Å². The second kappa shape index (κ2) is 18.0. The number of carbonyl (C=O) groups excluding carboxylic acids is 2. The number of nitrogens with one attached hydrogen (secondary N) is 2. The first-order chi connectivity index (χ1) is 13.5. The molecule has 28 heavy (non-hydrogen) atoms. The quantitative estimate of drug-likeness (QED) is 0.276. The van der Waals surface area contributed by atoms with E-state index >= 15 is 0 Å². The van der Waals surface area contributed by atoms with Crippen molar-refractivity contribution in [1.29, 1.82) is 0 Å². The highest BCUT2D eigenvalue weighted by Gasteiger charge is 2.32. The van der Waals surface area contributed by atoms with E-state index in [9.17, 15) is 14.7 Å². The van der Waals surface area contributed by atoms with Crippen LogP contribution in [0, 0.1) is 5.41 Å². The number of amides is 2. The van der Waals surface area contributed by atoms with Crippen molar-refractivity contribution in [3.05, 3.63) is 0 Å².